The summed E-state index contributed by atoms with van der Waals surface area (Å²) >= 11 is 3.52. The highest BCUT2D eigenvalue weighted by Gasteiger charge is 2.13. The summed E-state index contributed by atoms with van der Waals surface area (Å²) in [6.07, 6.45) is 0. The van der Waals surface area contributed by atoms with Crippen molar-refractivity contribution >= 4 is 15.9 Å². The van der Waals surface area contributed by atoms with Gasteiger partial charge in [0, 0.05) is 5.69 Å². The fourth-order valence-corrected chi connectivity index (χ4v) is 2.18. The molecule has 2 rings (SSSR count). The lowest BCUT2D eigenvalue weighted by Gasteiger charge is -2.11. The zero-order valence-electron chi connectivity index (χ0n) is 11.6. The summed E-state index contributed by atoms with van der Waals surface area (Å²) in [7, 11) is 0. The quantitative estimate of drug-likeness (QED) is 0.943. The van der Waals surface area contributed by atoms with Gasteiger partial charge in [-0.05, 0) is 53.4 Å². The normalized spacial score (nSPS) is 11.3. The van der Waals surface area contributed by atoms with Crippen molar-refractivity contribution in [1.29, 1.82) is 0 Å². The van der Waals surface area contributed by atoms with E-state index in [4.69, 9.17) is 0 Å². The van der Waals surface area contributed by atoms with Crippen LogP contribution in [0.15, 0.2) is 16.6 Å². The van der Waals surface area contributed by atoms with Crippen LogP contribution in [0.3, 0.4) is 0 Å². The van der Waals surface area contributed by atoms with Crippen LogP contribution in [0, 0.1) is 13.8 Å². The Hall–Kier alpha value is -1.20. The van der Waals surface area contributed by atoms with Crippen molar-refractivity contribution in [3.63, 3.8) is 0 Å². The number of pyridine rings is 1. The fourth-order valence-electron chi connectivity index (χ4n) is 1.94. The summed E-state index contributed by atoms with van der Waals surface area (Å²) in [5.74, 6) is 1.06. The Morgan fingerprint density at radius 1 is 1.32 bits per heavy atom. The van der Waals surface area contributed by atoms with Crippen molar-refractivity contribution in [2.45, 2.75) is 40.2 Å². The summed E-state index contributed by atoms with van der Waals surface area (Å²) < 4.78 is 2.81. The zero-order valence-corrected chi connectivity index (χ0v) is 13.2. The minimum absolute atomic E-state index is 0.00963. The monoisotopic (exact) mass is 323 g/mol. The molecule has 2 heterocycles. The Labute approximate surface area is 121 Å². The fraction of sp³-hybridized carbons (Fsp3) is 0.429. The molecule has 0 bridgehead atoms. The maximum absolute atomic E-state index is 9.38. The molecule has 0 aromatic carbocycles. The van der Waals surface area contributed by atoms with E-state index in [2.05, 4.69) is 39.9 Å². The van der Waals surface area contributed by atoms with E-state index in [9.17, 15) is 5.11 Å². The number of aliphatic hydroxyl groups excluding tert-OH is 1. The van der Waals surface area contributed by atoms with Gasteiger partial charge in [-0.2, -0.15) is 5.10 Å². The topological polar surface area (TPSA) is 50.9 Å². The predicted molar refractivity (Wildman–Crippen MR) is 78.5 cm³/mol. The largest absolute Gasteiger partial charge is 0.392 e. The van der Waals surface area contributed by atoms with Crippen LogP contribution in [0.1, 0.15) is 42.4 Å². The Balaban J connectivity index is 2.61. The number of rotatable bonds is 3. The lowest BCUT2D eigenvalue weighted by Crippen LogP contribution is -2.06. The highest BCUT2D eigenvalue weighted by molar-refractivity contribution is 9.10. The molecule has 0 fully saturated rings. The first-order valence-electron chi connectivity index (χ1n) is 6.27. The van der Waals surface area contributed by atoms with Crippen molar-refractivity contribution in [2.24, 2.45) is 0 Å². The molecule has 0 saturated heterocycles. The van der Waals surface area contributed by atoms with Crippen LogP contribution in [0.4, 0.5) is 0 Å². The van der Waals surface area contributed by atoms with Crippen molar-refractivity contribution < 1.29 is 5.11 Å². The van der Waals surface area contributed by atoms with Gasteiger partial charge < -0.3 is 5.11 Å². The van der Waals surface area contributed by atoms with Gasteiger partial charge in [0.15, 0.2) is 5.82 Å². The summed E-state index contributed by atoms with van der Waals surface area (Å²) in [6.45, 7) is 8.13. The second-order valence-electron chi connectivity index (χ2n) is 4.97. The van der Waals surface area contributed by atoms with Gasteiger partial charge in [0.05, 0.1) is 22.5 Å². The first kappa shape index (κ1) is 14.2. The van der Waals surface area contributed by atoms with Crippen molar-refractivity contribution in [3.8, 4) is 5.82 Å². The maximum Gasteiger partial charge on any atom is 0.154 e. The highest BCUT2D eigenvalue weighted by Crippen LogP contribution is 2.24. The highest BCUT2D eigenvalue weighted by atomic mass is 79.9. The molecule has 0 amide bonds. The van der Waals surface area contributed by atoms with E-state index in [-0.39, 0.29) is 6.61 Å². The summed E-state index contributed by atoms with van der Waals surface area (Å²) in [5, 5.41) is 13.9. The van der Waals surface area contributed by atoms with Gasteiger partial charge in [0.2, 0.25) is 0 Å². The van der Waals surface area contributed by atoms with Crippen molar-refractivity contribution in [3.05, 3.63) is 39.3 Å². The Morgan fingerprint density at radius 2 is 2.00 bits per heavy atom. The molecule has 19 heavy (non-hydrogen) atoms. The van der Waals surface area contributed by atoms with Crippen LogP contribution in [0.2, 0.25) is 0 Å². The molecule has 4 nitrogen and oxygen atoms in total. The Morgan fingerprint density at radius 3 is 2.47 bits per heavy atom. The molecule has 5 heteroatoms. The van der Waals surface area contributed by atoms with Crippen LogP contribution >= 0.6 is 15.9 Å². The van der Waals surface area contributed by atoms with Crippen LogP contribution in [-0.4, -0.2) is 19.9 Å². The van der Waals surface area contributed by atoms with Crippen LogP contribution in [0.25, 0.3) is 5.82 Å². The van der Waals surface area contributed by atoms with Crippen molar-refractivity contribution in [1.82, 2.24) is 14.8 Å². The van der Waals surface area contributed by atoms with E-state index < -0.39 is 0 Å². The minimum Gasteiger partial charge on any atom is -0.392 e. The van der Waals surface area contributed by atoms with E-state index in [0.29, 0.717) is 5.92 Å². The number of aromatic nitrogens is 3. The third-order valence-electron chi connectivity index (χ3n) is 3.09. The summed E-state index contributed by atoms with van der Waals surface area (Å²) in [5.41, 5.74) is 3.76. The first-order valence-corrected chi connectivity index (χ1v) is 7.07. The van der Waals surface area contributed by atoms with Crippen LogP contribution in [0.5, 0.6) is 0 Å². The van der Waals surface area contributed by atoms with E-state index in [1.807, 2.05) is 30.7 Å². The molecule has 2 aromatic heterocycles. The molecule has 0 spiro atoms. The van der Waals surface area contributed by atoms with Crippen LogP contribution in [-0.2, 0) is 6.61 Å². The lowest BCUT2D eigenvalue weighted by molar-refractivity contribution is 0.281. The number of aliphatic hydroxyl groups is 1. The number of hydrogen-bond acceptors (Lipinski definition) is 3. The molecule has 0 aliphatic heterocycles. The van der Waals surface area contributed by atoms with Crippen molar-refractivity contribution in [2.75, 3.05) is 0 Å². The Kier molecular flexibility index (Phi) is 4.06. The lowest BCUT2D eigenvalue weighted by atomic mass is 10.1. The smallest absolute Gasteiger partial charge is 0.154 e. The molecular weight excluding hydrogens is 306 g/mol. The molecule has 2 aromatic rings. The number of halogens is 1. The third-order valence-corrected chi connectivity index (χ3v) is 4.23. The molecular formula is C14H18BrN3O. The standard InChI is InChI=1S/C14H18BrN3O/c1-8(2)12-5-11(7-19)6-13(16-12)18-10(4)14(15)9(3)17-18/h5-6,8,19H,7H2,1-4H3. The van der Waals surface area contributed by atoms with Crippen LogP contribution < -0.4 is 0 Å². The molecule has 0 unspecified atom stereocenters. The maximum atomic E-state index is 9.38. The third kappa shape index (κ3) is 2.72. The summed E-state index contributed by atoms with van der Waals surface area (Å²) in [4.78, 5) is 4.63. The Bertz CT molecular complexity index is 605. The summed E-state index contributed by atoms with van der Waals surface area (Å²) in [6, 6.07) is 3.81. The van der Waals surface area contributed by atoms with Gasteiger partial charge in [0.1, 0.15) is 0 Å². The van der Waals surface area contributed by atoms with Gasteiger partial charge in [-0.1, -0.05) is 13.8 Å². The SMILES string of the molecule is Cc1nn(-c2cc(CO)cc(C(C)C)n2)c(C)c1Br. The van der Waals surface area contributed by atoms with E-state index in [1.165, 1.54) is 0 Å². The number of nitrogens with zero attached hydrogens (tertiary/aromatic N) is 3. The van der Waals surface area contributed by atoms with Gasteiger partial charge in [-0.15, -0.1) is 0 Å². The van der Waals surface area contributed by atoms with E-state index >= 15 is 0 Å². The molecule has 0 atom stereocenters. The molecule has 102 valence electrons. The molecule has 1 N–H and O–H groups in total. The van der Waals surface area contributed by atoms with Gasteiger partial charge in [0.25, 0.3) is 0 Å². The second-order valence-corrected chi connectivity index (χ2v) is 5.76. The average Bonchev–Trinajstić information content (AvgIpc) is 2.66. The molecule has 0 saturated carbocycles. The van der Waals surface area contributed by atoms with Gasteiger partial charge in [-0.25, -0.2) is 9.67 Å². The number of aryl methyl sites for hydroxylation is 1. The van der Waals surface area contributed by atoms with Gasteiger partial charge in [-0.3, -0.25) is 0 Å². The molecule has 0 aliphatic rings. The predicted octanol–water partition coefficient (Wildman–Crippen LogP) is 3.26. The van der Waals surface area contributed by atoms with E-state index in [1.54, 1.807) is 0 Å². The van der Waals surface area contributed by atoms with E-state index in [0.717, 1.165) is 32.9 Å². The number of hydrogen-bond donors (Lipinski definition) is 1. The minimum atomic E-state index is 0.00963. The molecule has 0 aliphatic carbocycles. The molecule has 0 radical (unpaired) electrons. The zero-order chi connectivity index (χ0) is 14.2. The van der Waals surface area contributed by atoms with Gasteiger partial charge >= 0.3 is 0 Å². The second kappa shape index (κ2) is 5.43. The average molecular weight is 324 g/mol. The first-order chi connectivity index (χ1) is 8.93.